The summed E-state index contributed by atoms with van der Waals surface area (Å²) in [7, 11) is 0. The number of aliphatic hydroxyl groups is 16. The summed E-state index contributed by atoms with van der Waals surface area (Å²) in [5.41, 5.74) is 0. The van der Waals surface area contributed by atoms with Crippen LogP contribution in [0.5, 0.6) is 0 Å². The van der Waals surface area contributed by atoms with Crippen LogP contribution in [-0.2, 0) is 66.5 Å². The van der Waals surface area contributed by atoms with Crippen molar-refractivity contribution < 1.29 is 153 Å². The molecule has 0 bridgehead atoms. The number of hydrogen-bond acceptors (Lipinski definition) is 30. The van der Waals surface area contributed by atoms with Gasteiger partial charge in [-0.05, 0) is 12.8 Å². The first-order valence-electron chi connectivity index (χ1n) is 31.2. The zero-order valence-electron chi connectivity index (χ0n) is 51.8. The third-order valence-electron chi connectivity index (χ3n) is 16.8. The van der Waals surface area contributed by atoms with E-state index in [1.54, 1.807) is 6.08 Å². The summed E-state index contributed by atoms with van der Waals surface area (Å²) in [6, 6.07) is -4.79. The summed E-state index contributed by atoms with van der Waals surface area (Å²) in [4.78, 5) is 49.1. The molecule has 0 aromatic heterocycles. The third kappa shape index (κ3) is 21.8. The van der Waals surface area contributed by atoms with Crippen LogP contribution in [0.2, 0.25) is 0 Å². The number of carbonyl (C=O) groups is 4. The highest BCUT2D eigenvalue weighted by Gasteiger charge is 2.61. The van der Waals surface area contributed by atoms with Crippen LogP contribution in [0.15, 0.2) is 12.2 Å². The van der Waals surface area contributed by atoms with Gasteiger partial charge in [0.05, 0.1) is 63.9 Å². The minimum Gasteiger partial charge on any atom is -0.477 e. The molecule has 5 saturated heterocycles. The van der Waals surface area contributed by atoms with Gasteiger partial charge in [-0.25, -0.2) is 4.79 Å². The number of alkyl halides is 2. The predicted octanol–water partition coefficient (Wildman–Crippen LogP) is -6.50. The van der Waals surface area contributed by atoms with Gasteiger partial charge in [0.15, 0.2) is 30.0 Å². The molecule has 3 amide bonds. The lowest BCUT2D eigenvalue weighted by atomic mass is 9.88. The first-order valence-corrected chi connectivity index (χ1v) is 32.1. The Balaban J connectivity index is 1.28. The number of carboxylic acid groups (broad SMARTS) is 1. The molecule has 0 spiro atoms. The molecule has 0 aromatic carbocycles. The lowest BCUT2D eigenvalue weighted by Crippen LogP contribution is -2.71. The first kappa shape index (κ1) is 80.8. The number of hydrogen-bond donors (Lipinski definition) is 20. The maximum Gasteiger partial charge on any atom is 0.364 e. The minimum atomic E-state index is -3.21. The summed E-state index contributed by atoms with van der Waals surface area (Å²) in [5, 5.41) is 194. The average molecular weight is 1390 g/mol. The topological polar surface area (TPSA) is 541 Å². The molecule has 5 rings (SSSR count). The molecule has 540 valence electrons. The predicted molar refractivity (Wildman–Crippen MR) is 314 cm³/mol. The van der Waals surface area contributed by atoms with Crippen LogP contribution in [0.4, 0.5) is 0 Å². The molecule has 0 aliphatic carbocycles. The van der Waals surface area contributed by atoms with Crippen molar-refractivity contribution >= 4 is 46.9 Å². The Kier molecular flexibility index (Phi) is 34.0. The number of allylic oxidation sites excluding steroid dienone is 1. The molecule has 5 fully saturated rings. The van der Waals surface area contributed by atoms with Gasteiger partial charge in [0, 0.05) is 20.3 Å². The minimum absolute atomic E-state index is 0.584. The Hall–Kier alpha value is -2.84. The van der Waals surface area contributed by atoms with Crippen molar-refractivity contribution in [1.29, 1.82) is 0 Å². The fourth-order valence-electron chi connectivity index (χ4n) is 11.6. The van der Waals surface area contributed by atoms with E-state index in [0.717, 1.165) is 39.5 Å². The van der Waals surface area contributed by atoms with Gasteiger partial charge < -0.3 is 150 Å². The zero-order valence-corrected chi connectivity index (χ0v) is 53.3. The van der Waals surface area contributed by atoms with Crippen LogP contribution >= 0.6 is 23.2 Å². The van der Waals surface area contributed by atoms with E-state index in [-0.39, 0.29) is 0 Å². The van der Waals surface area contributed by atoms with Crippen molar-refractivity contribution in [1.82, 2.24) is 16.0 Å². The number of unbranched alkanes of at least 4 members (excludes halogenated alkanes) is 11. The summed E-state index contributed by atoms with van der Waals surface area (Å²) < 4.78 is 58.0. The number of rotatable bonds is 37. The van der Waals surface area contributed by atoms with Crippen LogP contribution in [0.3, 0.4) is 0 Å². The van der Waals surface area contributed by atoms with E-state index in [0.29, 0.717) is 6.42 Å². The molecular weight excluding hydrogens is 1290 g/mol. The standard InChI is InChI=1S/C57H97Cl2N3O31/c1-4-5-6-7-8-9-10-11-12-13-14-15-16-17-28(70)27(62-51(81)50(58)59)24-84-53-42(78)40(76)46(33(22-66)87-53)90-54-43(79)41(77)45(34(23-67)88-54)89-52-36(61-26(3)69)47(38(74)31(20-64)85-52)91-55-44(80)49(39(75)32(21-65)86-55)93-57(56(82)83)18-29(71)35(60-25(2)68)48(92-57)37(73)30(72)19-63/h16-17,27-50,52-55,63-67,70-80H,4-15,18-24H2,1-3H3,(H,60,68)(H,61,69)(H,62,81)(H,82,83)/b17-16+/t27-,28+,29-,30+,31+,32+,33+,34+,35+,36+,37+,38-,39-,40+,41+,42+,43+,44+,45-,46+,47+,48+,49-,52-,53+,54-,55-,57-/m0/s1. The van der Waals surface area contributed by atoms with Gasteiger partial charge in [0.25, 0.3) is 11.7 Å². The molecule has 0 aromatic rings. The number of nitrogens with one attached hydrogen (secondary N) is 3. The molecule has 5 heterocycles. The molecule has 5 aliphatic heterocycles. The lowest BCUT2D eigenvalue weighted by Gasteiger charge is -2.51. The first-order chi connectivity index (χ1) is 44.1. The van der Waals surface area contributed by atoms with Crippen LogP contribution in [-0.4, -0.2) is 326 Å². The number of carboxylic acids is 1. The smallest absolute Gasteiger partial charge is 0.364 e. The summed E-state index contributed by atoms with van der Waals surface area (Å²) in [6.45, 7) is -1.85. The molecule has 36 heteroatoms. The maximum atomic E-state index is 13.1. The Bertz CT molecular complexity index is 2280. The van der Waals surface area contributed by atoms with Crippen LogP contribution in [0.25, 0.3) is 0 Å². The fraction of sp³-hybridized carbons (Fsp3) is 0.895. The van der Waals surface area contributed by atoms with E-state index in [1.807, 2.05) is 0 Å². The van der Waals surface area contributed by atoms with E-state index in [4.69, 9.17) is 70.6 Å². The van der Waals surface area contributed by atoms with Crippen LogP contribution in [0.1, 0.15) is 104 Å². The SMILES string of the molecule is CCCCCCCCCCCCC/C=C/[C@@H](O)[C@H](CO[C@@H]1O[C@H](CO)[C@@H](O[C@@H]2O[C@H](CO)[C@H](O[C@@H]3O[C@H](CO)[C@H](O)[C@H](O[C@@H]4O[C@H](CO)[C@H](O)[C@H](O[C@]5(C(=O)O)C[C@H](O)[C@@H](NC(C)=O)[C@H]([C@H](O)[C@H](O)CO)O5)[C@H]4O)[C@H]3NC(C)=O)[C@H](O)[C@H]2O)[C@H](O)[C@H]1O)NC(=O)C(Cl)Cl. The summed E-state index contributed by atoms with van der Waals surface area (Å²) in [6.07, 6.45) is -33.2. The second-order valence-corrected chi connectivity index (χ2v) is 24.9. The Morgan fingerprint density at radius 3 is 1.56 bits per heavy atom. The van der Waals surface area contributed by atoms with Crippen LogP contribution in [0, 0.1) is 0 Å². The second kappa shape index (κ2) is 39.1. The number of carbonyl (C=O) groups excluding carboxylic acids is 3. The van der Waals surface area contributed by atoms with Crippen molar-refractivity contribution in [3.8, 4) is 0 Å². The largest absolute Gasteiger partial charge is 0.477 e. The Morgan fingerprint density at radius 1 is 0.581 bits per heavy atom. The van der Waals surface area contributed by atoms with Crippen LogP contribution < -0.4 is 16.0 Å². The van der Waals surface area contributed by atoms with E-state index in [2.05, 4.69) is 22.9 Å². The third-order valence-corrected chi connectivity index (χ3v) is 17.2. The van der Waals surface area contributed by atoms with Gasteiger partial charge >= 0.3 is 5.97 Å². The number of amides is 3. The van der Waals surface area contributed by atoms with Gasteiger partial charge in [0.2, 0.25) is 11.8 Å². The number of halogens is 2. The van der Waals surface area contributed by atoms with Crippen molar-refractivity contribution in [3.63, 3.8) is 0 Å². The Morgan fingerprint density at radius 2 is 1.04 bits per heavy atom. The highest BCUT2D eigenvalue weighted by atomic mass is 35.5. The molecule has 0 unspecified atom stereocenters. The molecule has 34 nitrogen and oxygen atoms in total. The molecule has 0 saturated carbocycles. The average Bonchev–Trinajstić information content (AvgIpc) is 0.764. The van der Waals surface area contributed by atoms with Crippen molar-refractivity contribution in [2.45, 2.75) is 280 Å². The molecule has 28 atom stereocenters. The molecule has 0 radical (unpaired) electrons. The van der Waals surface area contributed by atoms with Crippen molar-refractivity contribution in [2.75, 3.05) is 39.6 Å². The number of aliphatic carboxylic acids is 1. The van der Waals surface area contributed by atoms with E-state index >= 15 is 0 Å². The highest BCUT2D eigenvalue weighted by molar-refractivity contribution is 6.53. The number of ether oxygens (including phenoxy) is 10. The normalized spacial score (nSPS) is 38.1. The Labute approximate surface area is 546 Å². The molecule has 20 N–H and O–H groups in total. The summed E-state index contributed by atoms with van der Waals surface area (Å²) >= 11 is 11.6. The maximum absolute atomic E-state index is 13.1. The number of aliphatic hydroxyl groups excluding tert-OH is 16. The lowest BCUT2D eigenvalue weighted by molar-refractivity contribution is -0.389. The molecule has 5 aliphatic rings. The van der Waals surface area contributed by atoms with E-state index < -0.39 is 246 Å². The van der Waals surface area contributed by atoms with E-state index in [9.17, 15) is 106 Å². The van der Waals surface area contributed by atoms with Gasteiger partial charge in [-0.3, -0.25) is 14.4 Å². The zero-order chi connectivity index (χ0) is 69.0. The van der Waals surface area contributed by atoms with Gasteiger partial charge in [-0.1, -0.05) is 106 Å². The highest BCUT2D eigenvalue weighted by Crippen LogP contribution is 2.40. The summed E-state index contributed by atoms with van der Waals surface area (Å²) in [5.74, 6) is -7.94. The van der Waals surface area contributed by atoms with Crippen molar-refractivity contribution in [3.05, 3.63) is 12.2 Å². The second-order valence-electron chi connectivity index (χ2n) is 23.8. The fourth-order valence-corrected chi connectivity index (χ4v) is 11.8. The molecule has 93 heavy (non-hydrogen) atoms. The van der Waals surface area contributed by atoms with Gasteiger partial charge in [-0.2, -0.15) is 0 Å². The monoisotopic (exact) mass is 1390 g/mol. The van der Waals surface area contributed by atoms with Gasteiger partial charge in [-0.15, -0.1) is 0 Å². The van der Waals surface area contributed by atoms with E-state index in [1.165, 1.54) is 51.0 Å². The molecular formula is C57H97Cl2N3O31. The van der Waals surface area contributed by atoms with Crippen molar-refractivity contribution in [2.24, 2.45) is 0 Å². The van der Waals surface area contributed by atoms with Gasteiger partial charge in [0.1, 0.15) is 116 Å². The quantitative estimate of drug-likeness (QED) is 0.0156.